The molecule has 0 aliphatic carbocycles. The molecule has 0 fully saturated rings. The quantitative estimate of drug-likeness (QED) is 0.552. The van der Waals surface area contributed by atoms with Gasteiger partial charge >= 0.3 is 0 Å². The fourth-order valence-corrected chi connectivity index (χ4v) is 1.74. The van der Waals surface area contributed by atoms with Crippen molar-refractivity contribution in [3.05, 3.63) is 51.8 Å². The van der Waals surface area contributed by atoms with Crippen LogP contribution in [0.1, 0.15) is 23.4 Å². The summed E-state index contributed by atoms with van der Waals surface area (Å²) in [5.41, 5.74) is 3.54. The third-order valence-corrected chi connectivity index (χ3v) is 2.85. The van der Waals surface area contributed by atoms with Gasteiger partial charge in [0.15, 0.2) is 0 Å². The van der Waals surface area contributed by atoms with E-state index in [1.165, 1.54) is 6.21 Å². The molecule has 0 spiro atoms. The number of amides is 1. The molecule has 0 saturated heterocycles. The summed E-state index contributed by atoms with van der Waals surface area (Å²) >= 11 is 0. The molecule has 2 aromatic rings. The minimum absolute atomic E-state index is 0.190. The number of carbonyl (C=O) groups is 1. The lowest BCUT2D eigenvalue weighted by Crippen LogP contribution is -2.19. The highest BCUT2D eigenvalue weighted by atomic mass is 16.3. The first-order valence-corrected chi connectivity index (χ1v) is 6.45. The van der Waals surface area contributed by atoms with Crippen LogP contribution < -0.4 is 11.0 Å². The molecule has 0 bridgehead atoms. The van der Waals surface area contributed by atoms with Crippen molar-refractivity contribution < 1.29 is 9.21 Å². The van der Waals surface area contributed by atoms with E-state index in [1.807, 2.05) is 0 Å². The van der Waals surface area contributed by atoms with E-state index >= 15 is 0 Å². The summed E-state index contributed by atoms with van der Waals surface area (Å²) in [6.45, 7) is 1.78. The molecule has 3 N–H and O–H groups in total. The van der Waals surface area contributed by atoms with Gasteiger partial charge in [-0.3, -0.25) is 14.7 Å². The van der Waals surface area contributed by atoms with Crippen LogP contribution in [0, 0.1) is 6.92 Å². The zero-order valence-corrected chi connectivity index (χ0v) is 11.6. The number of nitrogens with one attached hydrogen (secondary N) is 3. The molecule has 2 aromatic heterocycles. The number of nitrogens with zero attached hydrogens (tertiary/aromatic N) is 1. The van der Waals surface area contributed by atoms with Gasteiger partial charge in [0, 0.05) is 23.9 Å². The van der Waals surface area contributed by atoms with E-state index < -0.39 is 0 Å². The summed E-state index contributed by atoms with van der Waals surface area (Å²) in [5.74, 6) is 0.451. The smallest absolute Gasteiger partial charge is 0.267 e. The number of aromatic amines is 2. The topological polar surface area (TPSA) is 103 Å². The predicted molar refractivity (Wildman–Crippen MR) is 78.8 cm³/mol. The molecule has 0 aliphatic heterocycles. The van der Waals surface area contributed by atoms with Crippen molar-refractivity contribution in [2.24, 2.45) is 5.10 Å². The van der Waals surface area contributed by atoms with E-state index in [1.54, 1.807) is 37.5 Å². The summed E-state index contributed by atoms with van der Waals surface area (Å²) in [4.78, 5) is 23.0. The van der Waals surface area contributed by atoms with E-state index in [9.17, 15) is 9.59 Å². The Morgan fingerprint density at radius 1 is 1.48 bits per heavy atom. The Hall–Kier alpha value is -2.83. The molecule has 110 valence electrons. The molecule has 0 aromatic carbocycles. The largest absolute Gasteiger partial charge is 0.465 e. The standard InChI is InChI=1S/C14H16N4O3/c1-10-12(14(20)18-16-10)6-7-13(19)17-15-8-2-4-11-5-3-9-21-11/h2-5,8-9H,6-7H2,1H3,(H,17,19)(H2,16,18,20). The van der Waals surface area contributed by atoms with Crippen LogP contribution in [0.3, 0.4) is 0 Å². The van der Waals surface area contributed by atoms with Gasteiger partial charge in [-0.05, 0) is 37.6 Å². The van der Waals surface area contributed by atoms with E-state index in [4.69, 9.17) is 4.42 Å². The summed E-state index contributed by atoms with van der Waals surface area (Å²) in [6.07, 6.45) is 6.96. The number of aromatic nitrogens is 2. The maximum atomic E-state index is 11.6. The van der Waals surface area contributed by atoms with Gasteiger partial charge in [-0.2, -0.15) is 5.10 Å². The Labute approximate surface area is 120 Å². The number of H-pyrrole nitrogens is 2. The second-order valence-electron chi connectivity index (χ2n) is 4.37. The van der Waals surface area contributed by atoms with Gasteiger partial charge in [-0.25, -0.2) is 5.43 Å². The molecule has 7 nitrogen and oxygen atoms in total. The maximum absolute atomic E-state index is 11.6. The van der Waals surface area contributed by atoms with Crippen molar-refractivity contribution in [3.8, 4) is 0 Å². The fraction of sp³-hybridized carbons (Fsp3) is 0.214. The maximum Gasteiger partial charge on any atom is 0.267 e. The van der Waals surface area contributed by atoms with Crippen LogP contribution in [-0.2, 0) is 11.2 Å². The molecule has 2 rings (SSSR count). The number of carbonyl (C=O) groups excluding carboxylic acids is 1. The van der Waals surface area contributed by atoms with Crippen LogP contribution in [0.5, 0.6) is 0 Å². The number of furan rings is 1. The molecular weight excluding hydrogens is 272 g/mol. The molecule has 0 unspecified atom stereocenters. The summed E-state index contributed by atoms with van der Waals surface area (Å²) in [7, 11) is 0. The molecule has 0 radical (unpaired) electrons. The van der Waals surface area contributed by atoms with Crippen molar-refractivity contribution in [3.63, 3.8) is 0 Å². The number of hydrogen-bond acceptors (Lipinski definition) is 4. The molecule has 0 saturated carbocycles. The normalized spacial score (nSPS) is 11.5. The van der Waals surface area contributed by atoms with Crippen LogP contribution in [-0.4, -0.2) is 22.3 Å². The number of hydrazone groups is 1. The Balaban J connectivity index is 1.74. The summed E-state index contributed by atoms with van der Waals surface area (Å²) in [5, 5.41) is 8.96. The van der Waals surface area contributed by atoms with Gasteiger partial charge in [0.05, 0.1) is 6.26 Å². The highest BCUT2D eigenvalue weighted by Gasteiger charge is 2.08. The second kappa shape index (κ2) is 7.09. The zero-order valence-electron chi connectivity index (χ0n) is 11.6. The Kier molecular flexibility index (Phi) is 4.92. The zero-order chi connectivity index (χ0) is 15.1. The highest BCUT2D eigenvalue weighted by Crippen LogP contribution is 2.01. The average molecular weight is 288 g/mol. The van der Waals surface area contributed by atoms with Gasteiger partial charge in [0.1, 0.15) is 5.76 Å². The van der Waals surface area contributed by atoms with Gasteiger partial charge in [-0.1, -0.05) is 0 Å². The van der Waals surface area contributed by atoms with Crippen molar-refractivity contribution in [1.82, 2.24) is 15.6 Å². The molecule has 0 atom stereocenters. The lowest BCUT2D eigenvalue weighted by atomic mass is 10.1. The molecule has 1 amide bonds. The van der Waals surface area contributed by atoms with Gasteiger partial charge < -0.3 is 9.52 Å². The van der Waals surface area contributed by atoms with Crippen LogP contribution in [0.4, 0.5) is 0 Å². The van der Waals surface area contributed by atoms with E-state index in [0.717, 1.165) is 5.69 Å². The Morgan fingerprint density at radius 2 is 2.33 bits per heavy atom. The van der Waals surface area contributed by atoms with Gasteiger partial charge in [0.2, 0.25) is 5.91 Å². The summed E-state index contributed by atoms with van der Waals surface area (Å²) < 4.78 is 5.09. The first kappa shape index (κ1) is 14.6. The molecule has 0 aliphatic rings. The van der Waals surface area contributed by atoms with Crippen LogP contribution >= 0.6 is 0 Å². The number of allylic oxidation sites excluding steroid dienone is 1. The minimum Gasteiger partial charge on any atom is -0.465 e. The van der Waals surface area contributed by atoms with Crippen molar-refractivity contribution in [1.29, 1.82) is 0 Å². The van der Waals surface area contributed by atoms with Crippen molar-refractivity contribution in [2.45, 2.75) is 19.8 Å². The predicted octanol–water partition coefficient (Wildman–Crippen LogP) is 1.35. The monoisotopic (exact) mass is 288 g/mol. The van der Waals surface area contributed by atoms with E-state index in [0.29, 0.717) is 17.7 Å². The Bertz CT molecular complexity index is 692. The SMILES string of the molecule is Cc1[nH][nH]c(=O)c1CCC(=O)NN=CC=Cc1ccco1. The number of hydrogen-bond donors (Lipinski definition) is 3. The lowest BCUT2D eigenvalue weighted by molar-refractivity contribution is -0.121. The van der Waals surface area contributed by atoms with Crippen LogP contribution in [0.2, 0.25) is 0 Å². The first-order chi connectivity index (χ1) is 10.2. The summed E-state index contributed by atoms with van der Waals surface area (Å²) in [6, 6.07) is 3.59. The van der Waals surface area contributed by atoms with Crippen molar-refractivity contribution in [2.75, 3.05) is 0 Å². The Morgan fingerprint density at radius 3 is 3.00 bits per heavy atom. The van der Waals surface area contributed by atoms with Gasteiger partial charge in [0.25, 0.3) is 5.56 Å². The van der Waals surface area contributed by atoms with Crippen LogP contribution in [0.15, 0.2) is 38.8 Å². The molecule has 7 heteroatoms. The van der Waals surface area contributed by atoms with E-state index in [2.05, 4.69) is 20.7 Å². The fourth-order valence-electron chi connectivity index (χ4n) is 1.74. The molecule has 2 heterocycles. The third kappa shape index (κ3) is 4.34. The second-order valence-corrected chi connectivity index (χ2v) is 4.37. The average Bonchev–Trinajstić information content (AvgIpc) is 3.08. The molecule has 21 heavy (non-hydrogen) atoms. The number of aryl methyl sites for hydroxylation is 1. The number of rotatable bonds is 6. The van der Waals surface area contributed by atoms with Crippen molar-refractivity contribution >= 4 is 18.2 Å². The minimum atomic E-state index is -0.252. The highest BCUT2D eigenvalue weighted by molar-refractivity contribution is 5.81. The lowest BCUT2D eigenvalue weighted by Gasteiger charge is -1.98. The molecular formula is C14H16N4O3. The third-order valence-electron chi connectivity index (χ3n) is 2.85. The van der Waals surface area contributed by atoms with E-state index in [-0.39, 0.29) is 17.9 Å². The van der Waals surface area contributed by atoms with Crippen LogP contribution in [0.25, 0.3) is 6.08 Å². The van der Waals surface area contributed by atoms with Gasteiger partial charge in [-0.15, -0.1) is 0 Å². The first-order valence-electron chi connectivity index (χ1n) is 6.45.